The summed E-state index contributed by atoms with van der Waals surface area (Å²) >= 11 is 8.79. The molecular formula is C8H4BrClFN. The number of rotatable bonds is 1. The van der Waals surface area contributed by atoms with Crippen LogP contribution in [0.4, 0.5) is 4.39 Å². The molecule has 0 aliphatic carbocycles. The Morgan fingerprint density at radius 2 is 2.25 bits per heavy atom. The van der Waals surface area contributed by atoms with Gasteiger partial charge < -0.3 is 0 Å². The second-order valence-corrected chi connectivity index (χ2v) is 3.15. The van der Waals surface area contributed by atoms with Gasteiger partial charge in [0.25, 0.3) is 0 Å². The second kappa shape index (κ2) is 3.88. The Morgan fingerprint density at radius 1 is 1.58 bits per heavy atom. The lowest BCUT2D eigenvalue weighted by Crippen LogP contribution is -1.88. The molecule has 0 fully saturated rings. The number of nitrogens with zero attached hydrogens (tertiary/aromatic N) is 1. The molecule has 0 heterocycles. The molecule has 0 spiro atoms. The fourth-order valence-corrected chi connectivity index (χ4v) is 1.41. The van der Waals surface area contributed by atoms with Crippen LogP contribution in [0.25, 0.3) is 0 Å². The first-order chi connectivity index (χ1) is 5.69. The fraction of sp³-hybridized carbons (Fsp3) is 0.125. The minimum atomic E-state index is -0.570. The topological polar surface area (TPSA) is 23.8 Å². The monoisotopic (exact) mass is 247 g/mol. The van der Waals surface area contributed by atoms with E-state index in [0.717, 1.165) is 5.56 Å². The number of hydrogen-bond acceptors (Lipinski definition) is 1. The first kappa shape index (κ1) is 9.50. The van der Waals surface area contributed by atoms with Crippen molar-refractivity contribution in [2.75, 3.05) is 0 Å². The van der Waals surface area contributed by atoms with Crippen LogP contribution < -0.4 is 0 Å². The molecule has 1 aromatic rings. The highest BCUT2D eigenvalue weighted by atomic mass is 79.9. The summed E-state index contributed by atoms with van der Waals surface area (Å²) in [5.41, 5.74) is 0.623. The molecule has 0 aliphatic rings. The number of alkyl halides is 1. The summed E-state index contributed by atoms with van der Waals surface area (Å²) in [4.78, 5) is 0. The fourth-order valence-electron chi connectivity index (χ4n) is 0.810. The molecule has 1 nitrogen and oxygen atoms in total. The van der Waals surface area contributed by atoms with Crippen LogP contribution in [0.5, 0.6) is 0 Å². The first-order valence-corrected chi connectivity index (χ1v) is 4.63. The molecule has 0 aromatic heterocycles. The van der Waals surface area contributed by atoms with Gasteiger partial charge in [-0.2, -0.15) is 5.26 Å². The lowest BCUT2D eigenvalue weighted by Gasteiger charge is -1.99. The summed E-state index contributed by atoms with van der Waals surface area (Å²) in [7, 11) is 0. The predicted octanol–water partition coefficient (Wildman–Crippen LogP) is 3.25. The zero-order valence-electron chi connectivity index (χ0n) is 5.94. The number of nitriles is 1. The van der Waals surface area contributed by atoms with Crippen molar-refractivity contribution < 1.29 is 4.39 Å². The zero-order valence-corrected chi connectivity index (χ0v) is 8.28. The highest BCUT2D eigenvalue weighted by Gasteiger charge is 2.07. The summed E-state index contributed by atoms with van der Waals surface area (Å²) in [6.45, 7) is 0. The maximum atomic E-state index is 13.0. The van der Waals surface area contributed by atoms with Gasteiger partial charge in [0.1, 0.15) is 17.4 Å². The van der Waals surface area contributed by atoms with Crippen molar-refractivity contribution in [2.45, 2.75) is 5.33 Å². The van der Waals surface area contributed by atoms with Crippen molar-refractivity contribution in [1.82, 2.24) is 0 Å². The van der Waals surface area contributed by atoms with E-state index >= 15 is 0 Å². The van der Waals surface area contributed by atoms with Crippen LogP contribution >= 0.6 is 27.5 Å². The molecule has 4 heteroatoms. The average Bonchev–Trinajstić information content (AvgIpc) is 2.03. The van der Waals surface area contributed by atoms with Crippen LogP contribution in [0.15, 0.2) is 12.1 Å². The van der Waals surface area contributed by atoms with Crippen LogP contribution in [0, 0.1) is 17.1 Å². The molecule has 62 valence electrons. The van der Waals surface area contributed by atoms with Crippen LogP contribution in [-0.2, 0) is 5.33 Å². The normalized spacial score (nSPS) is 9.50. The van der Waals surface area contributed by atoms with E-state index in [-0.39, 0.29) is 10.6 Å². The zero-order chi connectivity index (χ0) is 9.14. The minimum Gasteiger partial charge on any atom is -0.205 e. The Labute approximate surface area is 82.9 Å². The molecule has 12 heavy (non-hydrogen) atoms. The largest absolute Gasteiger partial charge is 0.205 e. The Kier molecular flexibility index (Phi) is 3.07. The molecule has 0 radical (unpaired) electrons. The Bertz CT molecular complexity index is 322. The third-order valence-electron chi connectivity index (χ3n) is 1.37. The van der Waals surface area contributed by atoms with Gasteiger partial charge in [0.05, 0.1) is 5.02 Å². The second-order valence-electron chi connectivity index (χ2n) is 2.18. The molecule has 0 amide bonds. The highest BCUT2D eigenvalue weighted by molar-refractivity contribution is 9.08. The van der Waals surface area contributed by atoms with E-state index in [1.54, 1.807) is 12.1 Å². The third-order valence-corrected chi connectivity index (χ3v) is 2.31. The van der Waals surface area contributed by atoms with Crippen LogP contribution in [0.1, 0.15) is 11.1 Å². The maximum Gasteiger partial charge on any atom is 0.142 e. The molecule has 1 rings (SSSR count). The van der Waals surface area contributed by atoms with E-state index in [0.29, 0.717) is 5.33 Å². The van der Waals surface area contributed by atoms with E-state index in [4.69, 9.17) is 16.9 Å². The summed E-state index contributed by atoms with van der Waals surface area (Å²) in [5.74, 6) is -0.570. The van der Waals surface area contributed by atoms with Gasteiger partial charge in [0.2, 0.25) is 0 Å². The van der Waals surface area contributed by atoms with E-state index in [1.165, 1.54) is 6.07 Å². The van der Waals surface area contributed by atoms with Gasteiger partial charge in [0, 0.05) is 5.33 Å². The Balaban J connectivity index is 3.30. The molecule has 0 bridgehead atoms. The molecular weight excluding hydrogens is 244 g/mol. The van der Waals surface area contributed by atoms with E-state index < -0.39 is 5.82 Å². The van der Waals surface area contributed by atoms with Crippen LogP contribution in [0.3, 0.4) is 0 Å². The van der Waals surface area contributed by atoms with Crippen molar-refractivity contribution in [2.24, 2.45) is 0 Å². The smallest absolute Gasteiger partial charge is 0.142 e. The first-order valence-electron chi connectivity index (χ1n) is 3.13. The molecule has 0 N–H and O–H groups in total. The minimum absolute atomic E-state index is 0.0960. The van der Waals surface area contributed by atoms with Gasteiger partial charge in [-0.3, -0.25) is 0 Å². The molecule has 0 unspecified atom stereocenters. The average molecular weight is 248 g/mol. The molecule has 1 aromatic carbocycles. The van der Waals surface area contributed by atoms with Crippen molar-refractivity contribution in [3.8, 4) is 6.07 Å². The molecule has 0 saturated heterocycles. The van der Waals surface area contributed by atoms with E-state index in [2.05, 4.69) is 15.9 Å². The van der Waals surface area contributed by atoms with Gasteiger partial charge in [0.15, 0.2) is 0 Å². The van der Waals surface area contributed by atoms with Crippen molar-refractivity contribution in [3.05, 3.63) is 34.1 Å². The predicted molar refractivity (Wildman–Crippen MR) is 48.8 cm³/mol. The Morgan fingerprint density at radius 3 is 2.67 bits per heavy atom. The standard InChI is InChI=1S/C8H4BrClFN/c9-3-5-1-7(10)6(4-12)8(11)2-5/h1-2H,3H2. The quantitative estimate of drug-likeness (QED) is 0.700. The van der Waals surface area contributed by atoms with Gasteiger partial charge >= 0.3 is 0 Å². The Hall–Kier alpha value is -0.590. The third kappa shape index (κ3) is 1.77. The summed E-state index contributed by atoms with van der Waals surface area (Å²) in [6, 6.07) is 4.55. The van der Waals surface area contributed by atoms with Gasteiger partial charge in [-0.15, -0.1) is 0 Å². The van der Waals surface area contributed by atoms with Gasteiger partial charge in [-0.25, -0.2) is 4.39 Å². The number of halogens is 3. The van der Waals surface area contributed by atoms with Crippen molar-refractivity contribution >= 4 is 27.5 Å². The van der Waals surface area contributed by atoms with E-state index in [1.807, 2.05) is 0 Å². The summed E-state index contributed by atoms with van der Waals surface area (Å²) in [5, 5.41) is 9.16. The lowest BCUT2D eigenvalue weighted by atomic mass is 10.1. The number of hydrogen-bond donors (Lipinski definition) is 0. The van der Waals surface area contributed by atoms with E-state index in [9.17, 15) is 4.39 Å². The van der Waals surface area contributed by atoms with Gasteiger partial charge in [-0.05, 0) is 17.7 Å². The van der Waals surface area contributed by atoms with Crippen molar-refractivity contribution in [3.63, 3.8) is 0 Å². The summed E-state index contributed by atoms with van der Waals surface area (Å²) in [6.07, 6.45) is 0. The van der Waals surface area contributed by atoms with Crippen LogP contribution in [-0.4, -0.2) is 0 Å². The highest BCUT2D eigenvalue weighted by Crippen LogP contribution is 2.21. The molecule has 0 aliphatic heterocycles. The van der Waals surface area contributed by atoms with Crippen LogP contribution in [0.2, 0.25) is 5.02 Å². The maximum absolute atomic E-state index is 13.0. The molecule has 0 saturated carbocycles. The lowest BCUT2D eigenvalue weighted by molar-refractivity contribution is 0.622. The SMILES string of the molecule is N#Cc1c(F)cc(CBr)cc1Cl. The molecule has 0 atom stereocenters. The van der Waals surface area contributed by atoms with Crippen molar-refractivity contribution in [1.29, 1.82) is 5.26 Å². The van der Waals surface area contributed by atoms with Gasteiger partial charge in [-0.1, -0.05) is 27.5 Å². The summed E-state index contributed by atoms with van der Waals surface area (Å²) < 4.78 is 13.0. The number of benzene rings is 1.